The Morgan fingerprint density at radius 2 is 2.00 bits per heavy atom. The molecule has 0 unspecified atom stereocenters. The highest BCUT2D eigenvalue weighted by atomic mass is 32.2. The Labute approximate surface area is 134 Å². The van der Waals surface area contributed by atoms with Crippen LogP contribution in [0.3, 0.4) is 0 Å². The third-order valence-electron chi connectivity index (χ3n) is 3.53. The zero-order valence-electron chi connectivity index (χ0n) is 13.2. The number of sulfonamides is 1. The highest BCUT2D eigenvalue weighted by molar-refractivity contribution is 7.88. The Balaban J connectivity index is 2.25. The van der Waals surface area contributed by atoms with E-state index in [1.54, 1.807) is 18.2 Å². The van der Waals surface area contributed by atoms with E-state index in [1.165, 1.54) is 7.05 Å². The van der Waals surface area contributed by atoms with Gasteiger partial charge in [-0.1, -0.05) is 13.0 Å². The molecule has 7 nitrogen and oxygen atoms in total. The number of carbonyl (C=O) groups is 1. The van der Waals surface area contributed by atoms with Gasteiger partial charge in [0.15, 0.2) is 0 Å². The second kappa shape index (κ2) is 6.51. The fourth-order valence-electron chi connectivity index (χ4n) is 2.22. The molecule has 0 bridgehead atoms. The zero-order chi connectivity index (χ0) is 17.2. The molecule has 1 aromatic heterocycles. The molecular formula is C15H19N3O4S. The van der Waals surface area contributed by atoms with E-state index in [9.17, 15) is 18.0 Å². The van der Waals surface area contributed by atoms with Gasteiger partial charge in [0, 0.05) is 24.2 Å². The highest BCUT2D eigenvalue weighted by Gasteiger charge is 2.15. The lowest BCUT2D eigenvalue weighted by Gasteiger charge is -2.14. The second-order valence-corrected chi connectivity index (χ2v) is 7.43. The molecule has 1 amide bonds. The van der Waals surface area contributed by atoms with Gasteiger partial charge in [0.1, 0.15) is 0 Å². The summed E-state index contributed by atoms with van der Waals surface area (Å²) in [6.07, 6.45) is 1.76. The minimum atomic E-state index is -3.41. The topological polar surface area (TPSA) is 99.3 Å². The van der Waals surface area contributed by atoms with Crippen LogP contribution in [-0.2, 0) is 21.2 Å². The van der Waals surface area contributed by atoms with E-state index < -0.39 is 15.9 Å². The molecule has 124 valence electrons. The summed E-state index contributed by atoms with van der Waals surface area (Å²) in [4.78, 5) is 26.3. The fraction of sp³-hybridized carbons (Fsp3) is 0.333. The maximum Gasteiger partial charge on any atom is 0.248 e. The average molecular weight is 337 g/mol. The van der Waals surface area contributed by atoms with Crippen molar-refractivity contribution in [3.63, 3.8) is 0 Å². The first-order valence-electron chi connectivity index (χ1n) is 7.08. The zero-order valence-corrected chi connectivity index (χ0v) is 14.0. The van der Waals surface area contributed by atoms with Crippen LogP contribution in [0, 0.1) is 0 Å². The van der Waals surface area contributed by atoms with Crippen LogP contribution in [0.1, 0.15) is 12.5 Å². The summed E-state index contributed by atoms with van der Waals surface area (Å²) in [6, 6.07) is 6.76. The summed E-state index contributed by atoms with van der Waals surface area (Å²) >= 11 is 0. The molecule has 0 saturated carbocycles. The number of nitrogens with zero attached hydrogens (tertiary/aromatic N) is 1. The van der Waals surface area contributed by atoms with Gasteiger partial charge in [-0.25, -0.2) is 8.42 Å². The number of amides is 1. The van der Waals surface area contributed by atoms with Crippen LogP contribution in [0.5, 0.6) is 0 Å². The van der Waals surface area contributed by atoms with Crippen LogP contribution in [0.2, 0.25) is 0 Å². The summed E-state index contributed by atoms with van der Waals surface area (Å²) in [5.41, 5.74) is 1.85. The van der Waals surface area contributed by atoms with Gasteiger partial charge >= 0.3 is 0 Å². The maximum atomic E-state index is 11.9. The van der Waals surface area contributed by atoms with Gasteiger partial charge in [-0.15, -0.1) is 0 Å². The molecule has 1 aromatic carbocycles. The van der Waals surface area contributed by atoms with E-state index in [0.29, 0.717) is 11.2 Å². The quantitative estimate of drug-likeness (QED) is 0.847. The molecule has 0 aliphatic rings. The van der Waals surface area contributed by atoms with Crippen molar-refractivity contribution in [1.82, 2.24) is 9.29 Å². The average Bonchev–Trinajstić information content (AvgIpc) is 2.44. The summed E-state index contributed by atoms with van der Waals surface area (Å²) in [5, 5.41) is 3.54. The van der Waals surface area contributed by atoms with Crippen molar-refractivity contribution < 1.29 is 13.2 Å². The van der Waals surface area contributed by atoms with Gasteiger partial charge in [-0.05, 0) is 24.1 Å². The Morgan fingerprint density at radius 1 is 1.30 bits per heavy atom. The first kappa shape index (κ1) is 17.2. The Morgan fingerprint density at radius 3 is 2.61 bits per heavy atom. The number of aromatic amines is 1. The summed E-state index contributed by atoms with van der Waals surface area (Å²) in [5.74, 6) is -0.453. The first-order valence-corrected chi connectivity index (χ1v) is 8.92. The van der Waals surface area contributed by atoms with Crippen molar-refractivity contribution in [2.45, 2.75) is 13.3 Å². The van der Waals surface area contributed by atoms with Crippen molar-refractivity contribution in [1.29, 1.82) is 0 Å². The van der Waals surface area contributed by atoms with Crippen LogP contribution in [0.4, 0.5) is 5.69 Å². The lowest BCUT2D eigenvalue weighted by molar-refractivity contribution is -0.116. The Hall–Kier alpha value is -2.19. The number of carbonyl (C=O) groups excluding carboxylic acids is 1. The lowest BCUT2D eigenvalue weighted by Crippen LogP contribution is -2.34. The number of likely N-dealkylation sites (N-methyl/N-ethyl adjacent to an activating group) is 1. The van der Waals surface area contributed by atoms with Gasteiger partial charge in [0.2, 0.25) is 21.5 Å². The number of anilines is 1. The van der Waals surface area contributed by atoms with Crippen LogP contribution < -0.4 is 10.9 Å². The third kappa shape index (κ3) is 4.17. The predicted octanol–water partition coefficient (Wildman–Crippen LogP) is 0.920. The molecule has 2 aromatic rings. The molecule has 0 fully saturated rings. The summed E-state index contributed by atoms with van der Waals surface area (Å²) < 4.78 is 23.6. The molecule has 23 heavy (non-hydrogen) atoms. The van der Waals surface area contributed by atoms with Gasteiger partial charge in [0.25, 0.3) is 0 Å². The number of pyridine rings is 1. The maximum absolute atomic E-state index is 11.9. The van der Waals surface area contributed by atoms with E-state index in [1.807, 2.05) is 13.0 Å². The predicted molar refractivity (Wildman–Crippen MR) is 90.1 cm³/mol. The number of benzene rings is 1. The van der Waals surface area contributed by atoms with E-state index in [0.717, 1.165) is 27.9 Å². The van der Waals surface area contributed by atoms with Crippen molar-refractivity contribution in [2.75, 3.05) is 25.2 Å². The number of hydrogen-bond donors (Lipinski definition) is 2. The molecule has 2 N–H and O–H groups in total. The smallest absolute Gasteiger partial charge is 0.248 e. The van der Waals surface area contributed by atoms with Crippen molar-refractivity contribution >= 4 is 32.5 Å². The number of aromatic nitrogens is 1. The standard InChI is InChI=1S/C15H19N3O4S/c1-4-10-7-14(19)17-13-8-11(5-6-12(10)13)16-15(20)9-18(2)23(3,21)22/h5-8H,4,9H2,1-3H3,(H,16,20)(H,17,19). The molecule has 0 radical (unpaired) electrons. The molecule has 0 saturated heterocycles. The van der Waals surface area contributed by atoms with Crippen LogP contribution >= 0.6 is 0 Å². The Bertz CT molecular complexity index is 903. The van der Waals surface area contributed by atoms with E-state index in [4.69, 9.17) is 0 Å². The summed E-state index contributed by atoms with van der Waals surface area (Å²) in [7, 11) is -2.08. The number of hydrogen-bond acceptors (Lipinski definition) is 4. The molecule has 1 heterocycles. The summed E-state index contributed by atoms with van der Waals surface area (Å²) in [6.45, 7) is 1.69. The second-order valence-electron chi connectivity index (χ2n) is 5.34. The SMILES string of the molecule is CCc1cc(=O)[nH]c2cc(NC(=O)CN(C)S(C)(=O)=O)ccc12. The molecule has 0 spiro atoms. The van der Waals surface area contributed by atoms with Gasteiger partial charge in [-0.2, -0.15) is 4.31 Å². The van der Waals surface area contributed by atoms with Gasteiger partial charge in [-0.3, -0.25) is 9.59 Å². The minimum absolute atomic E-state index is 0.199. The monoisotopic (exact) mass is 337 g/mol. The van der Waals surface area contributed by atoms with Crippen LogP contribution in [-0.4, -0.2) is 43.5 Å². The molecule has 0 atom stereocenters. The van der Waals surface area contributed by atoms with Crippen molar-refractivity contribution in [3.8, 4) is 0 Å². The Kier molecular flexibility index (Phi) is 4.86. The van der Waals surface area contributed by atoms with E-state index in [-0.39, 0.29) is 12.1 Å². The minimum Gasteiger partial charge on any atom is -0.325 e. The number of aryl methyl sites for hydroxylation is 1. The first-order chi connectivity index (χ1) is 10.7. The number of H-pyrrole nitrogens is 1. The van der Waals surface area contributed by atoms with Crippen LogP contribution in [0.25, 0.3) is 10.9 Å². The molecular weight excluding hydrogens is 318 g/mol. The molecule has 0 aliphatic carbocycles. The van der Waals surface area contributed by atoms with Crippen molar-refractivity contribution in [2.24, 2.45) is 0 Å². The third-order valence-corrected chi connectivity index (χ3v) is 4.79. The normalized spacial score (nSPS) is 11.8. The van der Waals surface area contributed by atoms with Gasteiger partial charge < -0.3 is 10.3 Å². The number of nitrogens with one attached hydrogen (secondary N) is 2. The van der Waals surface area contributed by atoms with E-state index in [2.05, 4.69) is 10.3 Å². The molecule has 0 aliphatic heterocycles. The molecule has 2 rings (SSSR count). The fourth-order valence-corrected chi connectivity index (χ4v) is 2.57. The van der Waals surface area contributed by atoms with Gasteiger partial charge in [0.05, 0.1) is 18.3 Å². The number of fused-ring (bicyclic) bond motifs is 1. The van der Waals surface area contributed by atoms with Crippen LogP contribution in [0.15, 0.2) is 29.1 Å². The lowest BCUT2D eigenvalue weighted by atomic mass is 10.1. The van der Waals surface area contributed by atoms with E-state index >= 15 is 0 Å². The van der Waals surface area contributed by atoms with Crippen molar-refractivity contribution in [3.05, 3.63) is 40.2 Å². The largest absolute Gasteiger partial charge is 0.325 e. The number of rotatable bonds is 5. The molecule has 8 heteroatoms. The highest BCUT2D eigenvalue weighted by Crippen LogP contribution is 2.20.